The van der Waals surface area contributed by atoms with Crippen LogP contribution in [0.3, 0.4) is 0 Å². The van der Waals surface area contributed by atoms with Crippen molar-refractivity contribution in [3.8, 4) is 0 Å². The van der Waals surface area contributed by atoms with E-state index in [0.717, 1.165) is 4.31 Å². The Morgan fingerprint density at radius 2 is 1.63 bits per heavy atom. The predicted molar refractivity (Wildman–Crippen MR) is 102 cm³/mol. The van der Waals surface area contributed by atoms with Crippen molar-refractivity contribution in [2.75, 3.05) is 18.8 Å². The first kappa shape index (κ1) is 21.3. The minimum absolute atomic E-state index is 0.0118. The summed E-state index contributed by atoms with van der Waals surface area (Å²) < 4.78 is 56.5. The maximum Gasteiger partial charge on any atom is 0.301 e. The van der Waals surface area contributed by atoms with Gasteiger partial charge in [0, 0.05) is 25.8 Å². The molecule has 2 aromatic rings. The second-order valence-electron chi connectivity index (χ2n) is 6.45. The summed E-state index contributed by atoms with van der Waals surface area (Å²) in [5.74, 6) is 0.504. The lowest BCUT2D eigenvalue weighted by Gasteiger charge is -2.17. The lowest BCUT2D eigenvalue weighted by atomic mass is 10.3. The minimum atomic E-state index is -3.82. The van der Waals surface area contributed by atoms with Crippen LogP contribution in [-0.2, 0) is 20.2 Å². The Morgan fingerprint density at radius 1 is 1.04 bits per heavy atom. The van der Waals surface area contributed by atoms with E-state index in [4.69, 9.17) is 0 Å². The van der Waals surface area contributed by atoms with Crippen LogP contribution in [0, 0.1) is 0 Å². The van der Waals surface area contributed by atoms with Gasteiger partial charge in [0.15, 0.2) is 5.82 Å². The Morgan fingerprint density at radius 3 is 2.15 bits per heavy atom. The third-order valence-electron chi connectivity index (χ3n) is 3.77. The average molecular weight is 417 g/mol. The molecule has 0 saturated heterocycles. The molecule has 2 N–H and O–H groups in total. The van der Waals surface area contributed by atoms with Gasteiger partial charge in [0.25, 0.3) is 0 Å². The number of rotatable bonds is 8. The molecular formula is C15H24N6O4S2. The molecule has 0 saturated carbocycles. The molecule has 1 aromatic heterocycles. The molecule has 150 valence electrons. The Bertz CT molecular complexity index is 982. The summed E-state index contributed by atoms with van der Waals surface area (Å²) in [6.07, 6.45) is 1.55. The van der Waals surface area contributed by atoms with Crippen molar-refractivity contribution in [2.45, 2.75) is 37.8 Å². The number of benzene rings is 1. The molecule has 0 unspecified atom stereocenters. The van der Waals surface area contributed by atoms with Gasteiger partial charge in [0.2, 0.25) is 10.0 Å². The molecule has 0 aliphatic carbocycles. The van der Waals surface area contributed by atoms with Crippen molar-refractivity contribution in [3.05, 3.63) is 36.4 Å². The van der Waals surface area contributed by atoms with Gasteiger partial charge in [-0.2, -0.15) is 12.7 Å². The predicted octanol–water partition coefficient (Wildman–Crippen LogP) is 1.12. The first-order valence-electron chi connectivity index (χ1n) is 8.16. The van der Waals surface area contributed by atoms with Crippen LogP contribution >= 0.6 is 0 Å². The monoisotopic (exact) mass is 416 g/mol. The second-order valence-corrected chi connectivity index (χ2v) is 10.0. The van der Waals surface area contributed by atoms with Crippen LogP contribution in [-0.4, -0.2) is 50.0 Å². The maximum absolute atomic E-state index is 12.6. The fourth-order valence-electron chi connectivity index (χ4n) is 2.26. The van der Waals surface area contributed by atoms with E-state index in [9.17, 15) is 16.8 Å². The highest BCUT2D eigenvalue weighted by Gasteiger charge is 2.23. The quantitative estimate of drug-likeness (QED) is 0.664. The first-order chi connectivity index (χ1) is 12.4. The number of nitrogens with one attached hydrogen (secondary N) is 2. The molecule has 0 bridgehead atoms. The van der Waals surface area contributed by atoms with E-state index in [1.807, 2.05) is 13.8 Å². The van der Waals surface area contributed by atoms with Gasteiger partial charge in [-0.15, -0.1) is 10.2 Å². The molecule has 12 heteroatoms. The van der Waals surface area contributed by atoms with Gasteiger partial charge in [-0.1, -0.05) is 0 Å². The van der Waals surface area contributed by atoms with Crippen molar-refractivity contribution in [1.82, 2.24) is 23.8 Å². The SMILES string of the molecule is CC(C)n1cnnc1[C@H](C)NS(=O)(=O)c1ccc(NS(=O)(=O)N(C)C)cc1. The molecule has 0 aliphatic rings. The number of sulfonamides is 1. The van der Waals surface area contributed by atoms with Gasteiger partial charge in [-0.25, -0.2) is 13.1 Å². The highest BCUT2D eigenvalue weighted by atomic mass is 32.2. The molecule has 0 radical (unpaired) electrons. The number of anilines is 1. The van der Waals surface area contributed by atoms with E-state index in [-0.39, 0.29) is 16.6 Å². The van der Waals surface area contributed by atoms with Gasteiger partial charge >= 0.3 is 10.2 Å². The summed E-state index contributed by atoms with van der Waals surface area (Å²) >= 11 is 0. The van der Waals surface area contributed by atoms with Crippen LogP contribution in [0.5, 0.6) is 0 Å². The van der Waals surface area contributed by atoms with Crippen LogP contribution in [0.4, 0.5) is 5.69 Å². The lowest BCUT2D eigenvalue weighted by Crippen LogP contribution is -2.29. The van der Waals surface area contributed by atoms with E-state index >= 15 is 0 Å². The zero-order chi connectivity index (χ0) is 20.4. The number of nitrogens with zero attached hydrogens (tertiary/aromatic N) is 4. The molecule has 0 aliphatic heterocycles. The molecule has 0 spiro atoms. The van der Waals surface area contributed by atoms with Gasteiger partial charge < -0.3 is 4.57 Å². The Labute approximate surface area is 159 Å². The van der Waals surface area contributed by atoms with Crippen LogP contribution in [0.2, 0.25) is 0 Å². The number of hydrogen-bond acceptors (Lipinski definition) is 6. The molecule has 1 atom stereocenters. The van der Waals surface area contributed by atoms with Gasteiger partial charge in [-0.05, 0) is 45.0 Å². The van der Waals surface area contributed by atoms with E-state index < -0.39 is 26.3 Å². The summed E-state index contributed by atoms with van der Waals surface area (Å²) in [5, 5.41) is 7.83. The Balaban J connectivity index is 2.18. The highest BCUT2D eigenvalue weighted by Crippen LogP contribution is 2.20. The van der Waals surface area contributed by atoms with Crippen molar-refractivity contribution < 1.29 is 16.8 Å². The molecular weight excluding hydrogens is 392 g/mol. The fraction of sp³-hybridized carbons (Fsp3) is 0.467. The third kappa shape index (κ3) is 5.03. The average Bonchev–Trinajstić information content (AvgIpc) is 3.04. The Kier molecular flexibility index (Phi) is 6.24. The van der Waals surface area contributed by atoms with Crippen LogP contribution < -0.4 is 9.44 Å². The van der Waals surface area contributed by atoms with Crippen molar-refractivity contribution in [1.29, 1.82) is 0 Å². The van der Waals surface area contributed by atoms with Crippen molar-refractivity contribution in [3.63, 3.8) is 0 Å². The van der Waals surface area contributed by atoms with Crippen LogP contribution in [0.15, 0.2) is 35.5 Å². The second kappa shape index (κ2) is 7.92. The van der Waals surface area contributed by atoms with Gasteiger partial charge in [0.05, 0.1) is 10.9 Å². The van der Waals surface area contributed by atoms with E-state index in [2.05, 4.69) is 19.6 Å². The number of hydrogen-bond donors (Lipinski definition) is 2. The van der Waals surface area contributed by atoms with E-state index in [0.29, 0.717) is 5.82 Å². The van der Waals surface area contributed by atoms with E-state index in [1.54, 1.807) is 17.8 Å². The van der Waals surface area contributed by atoms with Crippen molar-refractivity contribution >= 4 is 25.9 Å². The molecule has 0 amide bonds. The van der Waals surface area contributed by atoms with Gasteiger partial charge in [0.1, 0.15) is 6.33 Å². The molecule has 0 fully saturated rings. The van der Waals surface area contributed by atoms with Crippen LogP contribution in [0.1, 0.15) is 38.7 Å². The summed E-state index contributed by atoms with van der Waals surface area (Å²) in [4.78, 5) is 0.0118. The fourth-order valence-corrected chi connectivity index (χ4v) is 4.07. The number of aromatic nitrogens is 3. The molecule has 2 rings (SSSR count). The highest BCUT2D eigenvalue weighted by molar-refractivity contribution is 7.90. The van der Waals surface area contributed by atoms with Gasteiger partial charge in [-0.3, -0.25) is 4.72 Å². The topological polar surface area (TPSA) is 126 Å². The van der Waals surface area contributed by atoms with Crippen molar-refractivity contribution in [2.24, 2.45) is 0 Å². The molecule has 1 heterocycles. The third-order valence-corrected chi connectivity index (χ3v) is 6.78. The van der Waals surface area contributed by atoms with Crippen LogP contribution in [0.25, 0.3) is 0 Å². The van der Waals surface area contributed by atoms with E-state index in [1.165, 1.54) is 38.4 Å². The zero-order valence-electron chi connectivity index (χ0n) is 15.8. The smallest absolute Gasteiger partial charge is 0.301 e. The Hall–Kier alpha value is -2.02. The summed E-state index contributed by atoms with van der Waals surface area (Å²) in [6, 6.07) is 4.93. The summed E-state index contributed by atoms with van der Waals surface area (Å²) in [5.41, 5.74) is 0.259. The zero-order valence-corrected chi connectivity index (χ0v) is 17.4. The molecule has 10 nitrogen and oxygen atoms in total. The maximum atomic E-state index is 12.6. The molecule has 27 heavy (non-hydrogen) atoms. The summed E-state index contributed by atoms with van der Waals surface area (Å²) in [6.45, 7) is 5.57. The minimum Gasteiger partial charge on any atom is -0.314 e. The standard InChI is InChI=1S/C15H24N6O4S2/c1-11(2)21-10-16-17-15(21)12(3)18-26(22,23)14-8-6-13(7-9-14)19-27(24,25)20(4)5/h6-12,18-19H,1-5H3/t12-/m0/s1. The largest absolute Gasteiger partial charge is 0.314 e. The lowest BCUT2D eigenvalue weighted by molar-refractivity contribution is 0.514. The normalized spacial score (nSPS) is 13.9. The molecule has 1 aromatic carbocycles. The summed E-state index contributed by atoms with van der Waals surface area (Å²) in [7, 11) is -4.70. The first-order valence-corrected chi connectivity index (χ1v) is 11.1.